The number of anilines is 1. The van der Waals surface area contributed by atoms with E-state index in [0.29, 0.717) is 34.5 Å². The van der Waals surface area contributed by atoms with Gasteiger partial charge >= 0.3 is 0 Å². The van der Waals surface area contributed by atoms with Crippen molar-refractivity contribution >= 4 is 29.9 Å². The van der Waals surface area contributed by atoms with Gasteiger partial charge in [-0.15, -0.1) is 0 Å². The van der Waals surface area contributed by atoms with Crippen LogP contribution in [0, 0.1) is 17.8 Å². The van der Waals surface area contributed by atoms with Crippen LogP contribution in [0.1, 0.15) is 30.0 Å². The molecule has 0 bridgehead atoms. The summed E-state index contributed by atoms with van der Waals surface area (Å²) in [6.45, 7) is 3.54. The lowest BCUT2D eigenvalue weighted by Crippen LogP contribution is -2.35. The van der Waals surface area contributed by atoms with Crippen molar-refractivity contribution < 1.29 is 13.5 Å². The third-order valence-corrected chi connectivity index (χ3v) is 6.66. The number of hydrogen-bond donors (Lipinski definition) is 3. The van der Waals surface area contributed by atoms with Crippen molar-refractivity contribution in [3.05, 3.63) is 64.8 Å². The first-order chi connectivity index (χ1) is 17.9. The minimum Gasteiger partial charge on any atom is -0.495 e. The summed E-state index contributed by atoms with van der Waals surface area (Å²) < 4.78 is 33.3. The lowest BCUT2D eigenvalue weighted by Gasteiger charge is -2.30. The maximum absolute atomic E-state index is 13.8. The van der Waals surface area contributed by atoms with E-state index >= 15 is 0 Å². The highest BCUT2D eigenvalue weighted by Gasteiger charge is 2.29. The van der Waals surface area contributed by atoms with Crippen molar-refractivity contribution in [1.82, 2.24) is 20.5 Å². The molecule has 0 radical (unpaired) electrons. The number of halogens is 2. The summed E-state index contributed by atoms with van der Waals surface area (Å²) in [5.41, 5.74) is 2.09. The van der Waals surface area contributed by atoms with Crippen LogP contribution in [0.25, 0.3) is 5.57 Å². The standard InChI is InChI=1S/C27H34F2N6OS/c1-30-11-10-23(32-3)19-12-22(21-13-24(26(28)29)35(4)16-25(21)36-5)27(33-14-19)34-17-37-20(15-31-2)9-8-18-6-7-18/h10-16,18,23-24,26,30,32H,2,6-7,17H2,1,3-5H3,(H,33,34)/b11-10-,20-15-. The minimum atomic E-state index is -2.56. The van der Waals surface area contributed by atoms with E-state index in [1.54, 1.807) is 25.6 Å². The van der Waals surface area contributed by atoms with Crippen molar-refractivity contribution in [2.45, 2.75) is 31.4 Å². The Labute approximate surface area is 222 Å². The van der Waals surface area contributed by atoms with Crippen molar-refractivity contribution in [3.63, 3.8) is 0 Å². The summed E-state index contributed by atoms with van der Waals surface area (Å²) in [6, 6.07) is 0.721. The molecule has 10 heteroatoms. The average Bonchev–Trinajstić information content (AvgIpc) is 3.72. The third-order valence-electron chi connectivity index (χ3n) is 5.85. The zero-order chi connectivity index (χ0) is 26.8. The molecule has 0 saturated heterocycles. The number of pyridine rings is 1. The summed E-state index contributed by atoms with van der Waals surface area (Å²) in [7, 11) is 6.80. The number of nitrogens with one attached hydrogen (secondary N) is 3. The maximum Gasteiger partial charge on any atom is 0.262 e. The van der Waals surface area contributed by atoms with Gasteiger partial charge in [0.15, 0.2) is 0 Å². The molecule has 37 heavy (non-hydrogen) atoms. The predicted molar refractivity (Wildman–Crippen MR) is 149 cm³/mol. The van der Waals surface area contributed by atoms with Crippen LogP contribution in [0.5, 0.6) is 0 Å². The zero-order valence-electron chi connectivity index (χ0n) is 21.6. The van der Waals surface area contributed by atoms with Crippen LogP contribution in [-0.4, -0.2) is 63.2 Å². The van der Waals surface area contributed by atoms with Gasteiger partial charge in [-0.1, -0.05) is 23.6 Å². The zero-order valence-corrected chi connectivity index (χ0v) is 22.4. The van der Waals surface area contributed by atoms with Gasteiger partial charge in [0.25, 0.3) is 6.43 Å². The van der Waals surface area contributed by atoms with E-state index < -0.39 is 12.5 Å². The quantitative estimate of drug-likeness (QED) is 0.208. The SMILES string of the molecule is C=N/C=C(/C#CC1CC1)SCNc1ncc(C(/C=C\NC)NC)cc1C1=CC(C(F)F)N(C)C=C1OC. The van der Waals surface area contributed by atoms with Crippen LogP contribution in [0.2, 0.25) is 0 Å². The summed E-state index contributed by atoms with van der Waals surface area (Å²) in [6.07, 6.45) is 10.0. The smallest absolute Gasteiger partial charge is 0.262 e. The second kappa shape index (κ2) is 13.9. The highest BCUT2D eigenvalue weighted by atomic mass is 32.2. The van der Waals surface area contributed by atoms with Crippen LogP contribution in [0.15, 0.2) is 58.7 Å². The maximum atomic E-state index is 13.8. The monoisotopic (exact) mass is 528 g/mol. The van der Waals surface area contributed by atoms with E-state index in [0.717, 1.165) is 23.3 Å². The van der Waals surface area contributed by atoms with Crippen molar-refractivity contribution in [3.8, 4) is 11.8 Å². The van der Waals surface area contributed by atoms with Gasteiger partial charge in [0.05, 0.1) is 23.9 Å². The number of rotatable bonds is 12. The van der Waals surface area contributed by atoms with Gasteiger partial charge in [0.1, 0.15) is 17.6 Å². The number of aliphatic imine (C=N–C) groups is 1. The molecule has 2 heterocycles. The molecule has 3 N–H and O–H groups in total. The Bertz CT molecular complexity index is 1130. The first-order valence-corrected chi connectivity index (χ1v) is 12.9. The van der Waals surface area contributed by atoms with E-state index in [1.807, 2.05) is 32.4 Å². The largest absolute Gasteiger partial charge is 0.495 e. The first kappa shape index (κ1) is 28.3. The topological polar surface area (TPSA) is 73.8 Å². The van der Waals surface area contributed by atoms with Crippen LogP contribution < -0.4 is 16.0 Å². The highest BCUT2D eigenvalue weighted by molar-refractivity contribution is 8.03. The summed E-state index contributed by atoms with van der Waals surface area (Å²) >= 11 is 1.48. The second-order valence-electron chi connectivity index (χ2n) is 8.53. The molecular weight excluding hydrogens is 494 g/mol. The summed E-state index contributed by atoms with van der Waals surface area (Å²) in [4.78, 5) is 10.8. The average molecular weight is 529 g/mol. The Morgan fingerprint density at radius 1 is 1.41 bits per heavy atom. The van der Waals surface area contributed by atoms with Gasteiger partial charge in [-0.3, -0.25) is 4.99 Å². The van der Waals surface area contributed by atoms with Gasteiger partial charge in [-0.2, -0.15) is 0 Å². The molecule has 1 aromatic rings. The molecule has 1 aliphatic heterocycles. The van der Waals surface area contributed by atoms with E-state index in [2.05, 4.69) is 44.5 Å². The van der Waals surface area contributed by atoms with Crippen LogP contribution in [0.4, 0.5) is 14.6 Å². The van der Waals surface area contributed by atoms with E-state index in [1.165, 1.54) is 29.8 Å². The van der Waals surface area contributed by atoms with Crippen LogP contribution in [-0.2, 0) is 4.74 Å². The number of allylic oxidation sites excluding steroid dienone is 2. The molecule has 1 aliphatic carbocycles. The van der Waals surface area contributed by atoms with E-state index in [-0.39, 0.29) is 6.04 Å². The van der Waals surface area contributed by atoms with Gasteiger partial charge in [-0.25, -0.2) is 13.8 Å². The molecule has 2 aliphatic rings. The molecule has 1 saturated carbocycles. The predicted octanol–water partition coefficient (Wildman–Crippen LogP) is 4.58. The van der Waals surface area contributed by atoms with Gasteiger partial charge < -0.3 is 25.6 Å². The first-order valence-electron chi connectivity index (χ1n) is 12.0. The van der Waals surface area contributed by atoms with Gasteiger partial charge in [-0.05, 0) is 56.6 Å². The molecule has 1 fully saturated rings. The Morgan fingerprint density at radius 3 is 2.81 bits per heavy atom. The fourth-order valence-corrected chi connectivity index (χ4v) is 4.33. The normalized spacial score (nSPS) is 18.6. The number of aromatic nitrogens is 1. The molecular formula is C27H34F2N6OS. The minimum absolute atomic E-state index is 0.138. The Hall–Kier alpha value is -3.29. The van der Waals surface area contributed by atoms with Gasteiger partial charge in [0, 0.05) is 49.7 Å². The summed E-state index contributed by atoms with van der Waals surface area (Å²) in [5.74, 6) is 8.35. The number of nitrogens with zero attached hydrogens (tertiary/aromatic N) is 3. The highest BCUT2D eigenvalue weighted by Crippen LogP contribution is 2.36. The molecule has 2 unspecified atom stereocenters. The fraction of sp³-hybridized carbons (Fsp3) is 0.407. The van der Waals surface area contributed by atoms with Gasteiger partial charge in [0.2, 0.25) is 0 Å². The van der Waals surface area contributed by atoms with E-state index in [9.17, 15) is 8.78 Å². The Kier molecular flexibility index (Phi) is 10.6. The molecule has 7 nitrogen and oxygen atoms in total. The second-order valence-corrected chi connectivity index (χ2v) is 9.55. The summed E-state index contributed by atoms with van der Waals surface area (Å²) in [5, 5.41) is 9.56. The molecule has 0 aromatic carbocycles. The lowest BCUT2D eigenvalue weighted by atomic mass is 9.96. The third kappa shape index (κ3) is 7.84. The fourth-order valence-electron chi connectivity index (χ4n) is 3.68. The van der Waals surface area contributed by atoms with Crippen LogP contribution >= 0.6 is 11.8 Å². The van der Waals surface area contributed by atoms with Crippen molar-refractivity contribution in [1.29, 1.82) is 0 Å². The number of ether oxygens (including phenoxy) is 1. The number of likely N-dealkylation sites (N-methyl/N-ethyl adjacent to an activating group) is 2. The molecule has 2 atom stereocenters. The molecule has 0 amide bonds. The Morgan fingerprint density at radius 2 is 2.19 bits per heavy atom. The molecule has 3 rings (SSSR count). The molecule has 0 spiro atoms. The number of hydrogen-bond acceptors (Lipinski definition) is 8. The number of thioether (sulfide) groups is 1. The van der Waals surface area contributed by atoms with Crippen molar-refractivity contribution in [2.24, 2.45) is 10.9 Å². The number of alkyl halides is 2. The van der Waals surface area contributed by atoms with E-state index in [4.69, 9.17) is 4.74 Å². The van der Waals surface area contributed by atoms with Crippen LogP contribution in [0.3, 0.4) is 0 Å². The molecule has 1 aromatic heterocycles. The molecule has 198 valence electrons. The Balaban J connectivity index is 1.96. The van der Waals surface area contributed by atoms with Crippen molar-refractivity contribution in [2.75, 3.05) is 39.4 Å². The number of methoxy groups -OCH3 is 1. The lowest BCUT2D eigenvalue weighted by molar-refractivity contribution is 0.0780.